The van der Waals surface area contributed by atoms with Crippen LogP contribution >= 0.6 is 0 Å². The van der Waals surface area contributed by atoms with Crippen LogP contribution in [0.3, 0.4) is 0 Å². The van der Waals surface area contributed by atoms with Gasteiger partial charge in [-0.2, -0.15) is 0 Å². The minimum Gasteiger partial charge on any atom is -0.265 e. The van der Waals surface area contributed by atoms with Gasteiger partial charge in [0.15, 0.2) is 17.5 Å². The van der Waals surface area contributed by atoms with E-state index < -0.39 is 0 Å². The van der Waals surface area contributed by atoms with Gasteiger partial charge in [0.05, 0.1) is 5.69 Å². The number of aliphatic imine (C=N–C) groups is 1. The molecular weight excluding hydrogens is 320 g/mol. The molecule has 124 valence electrons. The van der Waals surface area contributed by atoms with Gasteiger partial charge in [-0.05, 0) is 18.9 Å². The van der Waals surface area contributed by atoms with E-state index in [1.54, 1.807) is 0 Å². The Bertz CT molecular complexity index is 986. The zero-order valence-corrected chi connectivity index (χ0v) is 14.1. The Kier molecular flexibility index (Phi) is 4.31. The maximum Gasteiger partial charge on any atom is 0.164 e. The normalized spacial score (nSPS) is 10.5. The molecule has 0 aliphatic carbocycles. The van der Waals surface area contributed by atoms with E-state index in [2.05, 4.69) is 16.7 Å². The minimum absolute atomic E-state index is 0.614. The summed E-state index contributed by atoms with van der Waals surface area (Å²) in [7, 11) is 0. The molecule has 1 aromatic heterocycles. The van der Waals surface area contributed by atoms with Crippen molar-refractivity contribution in [2.75, 3.05) is 0 Å². The summed E-state index contributed by atoms with van der Waals surface area (Å²) in [5, 5.41) is 0. The molecule has 4 nitrogen and oxygen atoms in total. The third kappa shape index (κ3) is 3.26. The summed E-state index contributed by atoms with van der Waals surface area (Å²) in [5.41, 5.74) is 3.56. The molecule has 0 aliphatic heterocycles. The van der Waals surface area contributed by atoms with Crippen LogP contribution in [-0.4, -0.2) is 21.7 Å². The van der Waals surface area contributed by atoms with Crippen LogP contribution in [0.5, 0.6) is 0 Å². The fourth-order valence-corrected chi connectivity index (χ4v) is 2.68. The van der Waals surface area contributed by atoms with Gasteiger partial charge in [0, 0.05) is 16.7 Å². The van der Waals surface area contributed by atoms with E-state index in [0.29, 0.717) is 17.5 Å². The van der Waals surface area contributed by atoms with Crippen LogP contribution in [0, 0.1) is 0 Å². The predicted octanol–water partition coefficient (Wildman–Crippen LogP) is 5.20. The molecule has 0 saturated heterocycles. The first-order chi connectivity index (χ1) is 12.8. The van der Waals surface area contributed by atoms with Gasteiger partial charge in [0.2, 0.25) is 0 Å². The summed E-state index contributed by atoms with van der Waals surface area (Å²) in [6.45, 7) is 3.59. The Morgan fingerprint density at radius 3 is 1.50 bits per heavy atom. The van der Waals surface area contributed by atoms with Crippen molar-refractivity contribution in [3.05, 3.63) is 84.9 Å². The lowest BCUT2D eigenvalue weighted by molar-refractivity contribution is 1.07. The molecule has 0 unspecified atom stereocenters. The maximum atomic E-state index is 4.69. The van der Waals surface area contributed by atoms with Gasteiger partial charge < -0.3 is 0 Å². The summed E-state index contributed by atoms with van der Waals surface area (Å²) < 4.78 is 0. The van der Waals surface area contributed by atoms with E-state index in [4.69, 9.17) is 9.97 Å². The molecule has 0 aliphatic rings. The minimum atomic E-state index is 0.614. The second-order valence-electron chi connectivity index (χ2n) is 5.75. The molecule has 0 spiro atoms. The molecule has 0 radical (unpaired) electrons. The molecule has 0 saturated carbocycles. The summed E-state index contributed by atoms with van der Waals surface area (Å²) in [5.74, 6) is 1.90. The van der Waals surface area contributed by atoms with E-state index in [9.17, 15) is 0 Å². The molecule has 0 bridgehead atoms. The number of rotatable bonds is 4. The van der Waals surface area contributed by atoms with Gasteiger partial charge in [-0.3, -0.25) is 4.99 Å². The largest absolute Gasteiger partial charge is 0.265 e. The molecule has 3 aromatic carbocycles. The molecule has 1 heterocycles. The molecule has 26 heavy (non-hydrogen) atoms. The number of hydrogen-bond donors (Lipinski definition) is 0. The average Bonchev–Trinajstić information content (AvgIpc) is 2.75. The van der Waals surface area contributed by atoms with Crippen LogP contribution in [-0.2, 0) is 0 Å². The van der Waals surface area contributed by atoms with Crippen molar-refractivity contribution in [2.45, 2.75) is 0 Å². The fraction of sp³-hybridized carbons (Fsp3) is 0. The highest BCUT2D eigenvalue weighted by Crippen LogP contribution is 2.26. The Hall–Kier alpha value is -3.66. The highest BCUT2D eigenvalue weighted by Gasteiger charge is 2.12. The van der Waals surface area contributed by atoms with E-state index >= 15 is 0 Å². The number of benzene rings is 3. The van der Waals surface area contributed by atoms with Crippen LogP contribution in [0.4, 0.5) is 5.69 Å². The Labute approximate surface area is 152 Å². The van der Waals surface area contributed by atoms with Crippen molar-refractivity contribution in [1.82, 2.24) is 15.0 Å². The zero-order valence-electron chi connectivity index (χ0n) is 14.1. The Morgan fingerprint density at radius 2 is 1.00 bits per heavy atom. The second kappa shape index (κ2) is 7.07. The summed E-state index contributed by atoms with van der Waals surface area (Å²) in [6.07, 6.45) is 0. The third-order valence-electron chi connectivity index (χ3n) is 3.99. The van der Waals surface area contributed by atoms with E-state index in [-0.39, 0.29) is 0 Å². The van der Waals surface area contributed by atoms with E-state index in [1.807, 2.05) is 84.9 Å². The van der Waals surface area contributed by atoms with Crippen molar-refractivity contribution < 1.29 is 0 Å². The van der Waals surface area contributed by atoms with Gasteiger partial charge in [-0.15, -0.1) is 0 Å². The molecule has 0 fully saturated rings. The molecule has 4 heteroatoms. The Morgan fingerprint density at radius 1 is 0.538 bits per heavy atom. The highest BCUT2D eigenvalue weighted by atomic mass is 15.0. The quantitative estimate of drug-likeness (QED) is 0.481. The van der Waals surface area contributed by atoms with Gasteiger partial charge in [-0.25, -0.2) is 15.0 Å². The lowest BCUT2D eigenvalue weighted by atomic mass is 10.1. The monoisotopic (exact) mass is 336 g/mol. The second-order valence-corrected chi connectivity index (χ2v) is 5.75. The van der Waals surface area contributed by atoms with Gasteiger partial charge >= 0.3 is 0 Å². The predicted molar refractivity (Wildman–Crippen MR) is 105 cm³/mol. The van der Waals surface area contributed by atoms with Crippen LogP contribution in [0.1, 0.15) is 0 Å². The van der Waals surface area contributed by atoms with E-state index in [1.165, 1.54) is 0 Å². The lowest BCUT2D eigenvalue weighted by Crippen LogP contribution is -1.99. The van der Waals surface area contributed by atoms with Crippen molar-refractivity contribution in [3.63, 3.8) is 0 Å². The Balaban J connectivity index is 1.92. The highest BCUT2D eigenvalue weighted by molar-refractivity contribution is 5.68. The lowest BCUT2D eigenvalue weighted by Gasteiger charge is -2.08. The van der Waals surface area contributed by atoms with Crippen molar-refractivity contribution in [2.24, 2.45) is 4.99 Å². The van der Waals surface area contributed by atoms with Crippen LogP contribution in [0.25, 0.3) is 34.2 Å². The molecule has 4 aromatic rings. The van der Waals surface area contributed by atoms with Crippen molar-refractivity contribution >= 4 is 12.4 Å². The zero-order chi connectivity index (χ0) is 17.8. The SMILES string of the molecule is C=Nc1cccc(-c2nc(-c3ccccc3)nc(-c3ccccc3)n2)c1. The van der Waals surface area contributed by atoms with Crippen molar-refractivity contribution in [3.8, 4) is 34.2 Å². The van der Waals surface area contributed by atoms with Gasteiger partial charge in [-0.1, -0.05) is 72.8 Å². The van der Waals surface area contributed by atoms with E-state index in [0.717, 1.165) is 22.4 Å². The van der Waals surface area contributed by atoms with Crippen LogP contribution < -0.4 is 0 Å². The molecule has 0 amide bonds. The molecule has 0 N–H and O–H groups in total. The average molecular weight is 336 g/mol. The fourth-order valence-electron chi connectivity index (χ4n) is 2.68. The first-order valence-electron chi connectivity index (χ1n) is 8.27. The van der Waals surface area contributed by atoms with Crippen LogP contribution in [0.15, 0.2) is 89.9 Å². The number of nitrogens with zero attached hydrogens (tertiary/aromatic N) is 4. The molecular formula is C22H16N4. The topological polar surface area (TPSA) is 51.0 Å². The first kappa shape index (κ1) is 15.8. The van der Waals surface area contributed by atoms with Gasteiger partial charge in [0.1, 0.15) is 0 Å². The van der Waals surface area contributed by atoms with Crippen LogP contribution in [0.2, 0.25) is 0 Å². The summed E-state index contributed by atoms with van der Waals surface area (Å²) >= 11 is 0. The standard InChI is InChI=1S/C22H16N4/c1-23-19-14-8-13-18(15-19)22-25-20(16-9-4-2-5-10-16)24-21(26-22)17-11-6-3-7-12-17/h2-15H,1H2. The smallest absolute Gasteiger partial charge is 0.164 e. The summed E-state index contributed by atoms with van der Waals surface area (Å²) in [4.78, 5) is 18.1. The molecule has 4 rings (SSSR count). The van der Waals surface area contributed by atoms with Crippen molar-refractivity contribution in [1.29, 1.82) is 0 Å². The third-order valence-corrected chi connectivity index (χ3v) is 3.99. The maximum absolute atomic E-state index is 4.69. The number of hydrogen-bond acceptors (Lipinski definition) is 4. The molecule has 0 atom stereocenters. The van der Waals surface area contributed by atoms with Gasteiger partial charge in [0.25, 0.3) is 0 Å². The first-order valence-corrected chi connectivity index (χ1v) is 8.27. The number of aromatic nitrogens is 3. The summed E-state index contributed by atoms with van der Waals surface area (Å²) in [6, 6.07) is 27.5.